The summed E-state index contributed by atoms with van der Waals surface area (Å²) < 4.78 is 0. The zero-order valence-corrected chi connectivity index (χ0v) is 9.70. The van der Waals surface area contributed by atoms with E-state index in [0.29, 0.717) is 0 Å². The van der Waals surface area contributed by atoms with Gasteiger partial charge in [0.05, 0.1) is 6.04 Å². The molecule has 0 bridgehead atoms. The second-order valence-corrected chi connectivity index (χ2v) is 4.73. The minimum Gasteiger partial charge on any atom is -0.370 e. The van der Waals surface area contributed by atoms with Crippen LogP contribution < -0.4 is 17.2 Å². The summed E-state index contributed by atoms with van der Waals surface area (Å²) >= 11 is 1.77. The fourth-order valence-electron chi connectivity index (χ4n) is 1.92. The van der Waals surface area contributed by atoms with Crippen LogP contribution in [0.25, 0.3) is 0 Å². The van der Waals surface area contributed by atoms with Gasteiger partial charge in [0.15, 0.2) is 5.96 Å². The summed E-state index contributed by atoms with van der Waals surface area (Å²) in [7, 11) is 0. The Kier molecular flexibility index (Phi) is 3.09. The minimum atomic E-state index is -0.0531. The Morgan fingerprint density at radius 2 is 2.19 bits per heavy atom. The van der Waals surface area contributed by atoms with Gasteiger partial charge in [-0.3, -0.25) is 0 Å². The summed E-state index contributed by atoms with van der Waals surface area (Å²) in [6.45, 7) is 0. The van der Waals surface area contributed by atoms with E-state index in [9.17, 15) is 0 Å². The van der Waals surface area contributed by atoms with Crippen molar-refractivity contribution in [2.45, 2.75) is 25.3 Å². The number of hydrogen-bond donors (Lipinski definition) is 3. The second kappa shape index (κ2) is 4.52. The van der Waals surface area contributed by atoms with Crippen LogP contribution in [-0.4, -0.2) is 11.9 Å². The number of aryl methyl sites for hydroxylation is 1. The van der Waals surface area contributed by atoms with Crippen molar-refractivity contribution in [3.05, 3.63) is 21.9 Å². The van der Waals surface area contributed by atoms with Gasteiger partial charge in [0.25, 0.3) is 0 Å². The lowest BCUT2D eigenvalue weighted by molar-refractivity contribution is 0.579. The zero-order chi connectivity index (χ0) is 11.5. The maximum absolute atomic E-state index is 5.64. The van der Waals surface area contributed by atoms with Gasteiger partial charge in [0.2, 0.25) is 5.96 Å². The molecule has 1 aliphatic carbocycles. The molecule has 2 rings (SSSR count). The molecule has 0 spiro atoms. The van der Waals surface area contributed by atoms with Crippen LogP contribution in [-0.2, 0) is 6.42 Å². The molecule has 0 aliphatic heterocycles. The molecule has 1 aromatic rings. The molecule has 1 heterocycles. The molecular weight excluding hydrogens is 222 g/mol. The molecule has 1 atom stereocenters. The van der Waals surface area contributed by atoms with Crippen LogP contribution in [0.5, 0.6) is 0 Å². The van der Waals surface area contributed by atoms with Gasteiger partial charge in [0, 0.05) is 4.88 Å². The number of fused-ring (bicyclic) bond motifs is 1. The molecule has 0 saturated heterocycles. The van der Waals surface area contributed by atoms with Crippen LogP contribution in [0.4, 0.5) is 0 Å². The molecule has 0 fully saturated rings. The topological polar surface area (TPSA) is 103 Å². The van der Waals surface area contributed by atoms with E-state index in [1.807, 2.05) is 0 Å². The van der Waals surface area contributed by atoms with E-state index in [2.05, 4.69) is 21.4 Å². The first kappa shape index (κ1) is 10.9. The number of aliphatic imine (C=N–C) groups is 2. The summed E-state index contributed by atoms with van der Waals surface area (Å²) in [5.41, 5.74) is 17.4. The Bertz CT molecular complexity index is 430. The quantitative estimate of drug-likeness (QED) is 0.495. The van der Waals surface area contributed by atoms with Crippen LogP contribution >= 0.6 is 11.3 Å². The fraction of sp³-hybridized carbons (Fsp3) is 0.400. The van der Waals surface area contributed by atoms with Gasteiger partial charge in [-0.05, 0) is 36.3 Å². The molecule has 0 saturated carbocycles. The second-order valence-electron chi connectivity index (χ2n) is 3.73. The molecule has 16 heavy (non-hydrogen) atoms. The summed E-state index contributed by atoms with van der Waals surface area (Å²) in [4.78, 5) is 9.48. The average Bonchev–Trinajstić information content (AvgIpc) is 2.65. The van der Waals surface area contributed by atoms with Crippen molar-refractivity contribution in [2.75, 3.05) is 0 Å². The third-order valence-corrected chi connectivity index (χ3v) is 3.55. The fourth-order valence-corrected chi connectivity index (χ4v) is 2.90. The number of rotatable bonds is 1. The molecule has 86 valence electrons. The lowest BCUT2D eigenvalue weighted by Gasteiger charge is -2.18. The highest BCUT2D eigenvalue weighted by molar-refractivity contribution is 7.10. The Labute approximate surface area is 98.1 Å². The standard InChI is InChI=1S/C10H15N5S/c11-9(12)15-10(13)14-7-2-1-3-8-6(7)4-5-16-8/h4-5,7H,1-3H2,(H6,11,12,13,14,15). The van der Waals surface area contributed by atoms with Crippen molar-refractivity contribution in [3.8, 4) is 0 Å². The molecule has 5 nitrogen and oxygen atoms in total. The summed E-state index contributed by atoms with van der Waals surface area (Å²) in [5, 5.41) is 2.09. The third-order valence-electron chi connectivity index (χ3n) is 2.55. The van der Waals surface area contributed by atoms with Crippen molar-refractivity contribution in [1.29, 1.82) is 0 Å². The highest BCUT2D eigenvalue weighted by atomic mass is 32.1. The van der Waals surface area contributed by atoms with Crippen LogP contribution in [0.1, 0.15) is 29.3 Å². The van der Waals surface area contributed by atoms with Crippen LogP contribution in [0.15, 0.2) is 21.4 Å². The van der Waals surface area contributed by atoms with Gasteiger partial charge in [-0.15, -0.1) is 11.3 Å². The maximum atomic E-state index is 5.64. The lowest BCUT2D eigenvalue weighted by Crippen LogP contribution is -2.26. The van der Waals surface area contributed by atoms with E-state index in [-0.39, 0.29) is 18.0 Å². The molecule has 0 aromatic carbocycles. The highest BCUT2D eigenvalue weighted by Gasteiger charge is 2.20. The monoisotopic (exact) mass is 237 g/mol. The van der Waals surface area contributed by atoms with Crippen molar-refractivity contribution < 1.29 is 0 Å². The summed E-state index contributed by atoms with van der Waals surface area (Å²) in [6.07, 6.45) is 3.28. The van der Waals surface area contributed by atoms with Gasteiger partial charge in [0.1, 0.15) is 0 Å². The highest BCUT2D eigenvalue weighted by Crippen LogP contribution is 2.35. The van der Waals surface area contributed by atoms with Gasteiger partial charge in [-0.25, -0.2) is 4.99 Å². The van der Waals surface area contributed by atoms with Crippen molar-refractivity contribution in [2.24, 2.45) is 27.2 Å². The van der Waals surface area contributed by atoms with E-state index in [4.69, 9.17) is 17.2 Å². The molecule has 6 N–H and O–H groups in total. The third kappa shape index (κ3) is 2.33. The number of nitrogens with zero attached hydrogens (tertiary/aromatic N) is 2. The lowest BCUT2D eigenvalue weighted by atomic mass is 9.95. The van der Waals surface area contributed by atoms with E-state index < -0.39 is 0 Å². The normalized spacial score (nSPS) is 20.2. The Morgan fingerprint density at radius 3 is 2.94 bits per heavy atom. The number of hydrogen-bond acceptors (Lipinski definition) is 2. The number of nitrogens with two attached hydrogens (primary N) is 3. The first-order chi connectivity index (χ1) is 7.66. The van der Waals surface area contributed by atoms with E-state index >= 15 is 0 Å². The van der Waals surface area contributed by atoms with E-state index in [1.54, 1.807) is 11.3 Å². The van der Waals surface area contributed by atoms with Gasteiger partial charge < -0.3 is 17.2 Å². The summed E-state index contributed by atoms with van der Waals surface area (Å²) in [6, 6.07) is 2.22. The Morgan fingerprint density at radius 1 is 1.38 bits per heavy atom. The largest absolute Gasteiger partial charge is 0.370 e. The predicted molar refractivity (Wildman–Crippen MR) is 67.4 cm³/mol. The molecule has 1 unspecified atom stereocenters. The van der Waals surface area contributed by atoms with Crippen molar-refractivity contribution in [1.82, 2.24) is 0 Å². The van der Waals surface area contributed by atoms with Crippen molar-refractivity contribution >= 4 is 23.3 Å². The molecule has 0 amide bonds. The molecule has 0 radical (unpaired) electrons. The van der Waals surface area contributed by atoms with Gasteiger partial charge in [-0.1, -0.05) is 0 Å². The van der Waals surface area contributed by atoms with Crippen molar-refractivity contribution in [3.63, 3.8) is 0 Å². The van der Waals surface area contributed by atoms with Gasteiger partial charge in [-0.2, -0.15) is 4.99 Å². The maximum Gasteiger partial charge on any atom is 0.219 e. The Hall–Kier alpha value is -1.56. The molecule has 6 heteroatoms. The average molecular weight is 237 g/mol. The molecule has 1 aliphatic rings. The molecular formula is C10H15N5S. The van der Waals surface area contributed by atoms with Crippen LogP contribution in [0, 0.1) is 0 Å². The predicted octanol–water partition coefficient (Wildman–Crippen LogP) is 0.714. The van der Waals surface area contributed by atoms with E-state index in [1.165, 1.54) is 10.4 Å². The molecule has 1 aromatic heterocycles. The van der Waals surface area contributed by atoms with Crippen LogP contribution in [0.2, 0.25) is 0 Å². The smallest absolute Gasteiger partial charge is 0.219 e. The summed E-state index contributed by atoms with van der Waals surface area (Å²) in [5.74, 6) is 0.103. The Balaban J connectivity index is 2.22. The van der Waals surface area contributed by atoms with Gasteiger partial charge >= 0.3 is 0 Å². The SMILES string of the molecule is NC(N)=NC(N)=NC1CCCc2sccc21. The zero-order valence-electron chi connectivity index (χ0n) is 8.89. The number of guanidine groups is 2. The first-order valence-corrected chi connectivity index (χ1v) is 6.04. The van der Waals surface area contributed by atoms with Crippen LogP contribution in [0.3, 0.4) is 0 Å². The first-order valence-electron chi connectivity index (χ1n) is 5.16. The number of thiophene rings is 1. The minimum absolute atomic E-state index is 0.0531. The van der Waals surface area contributed by atoms with E-state index in [0.717, 1.165) is 19.3 Å².